The minimum Gasteiger partial charge on any atom is -0.493 e. The molecule has 0 aliphatic rings. The molecule has 10 nitrogen and oxygen atoms in total. The van der Waals surface area contributed by atoms with Crippen molar-refractivity contribution in [1.29, 1.82) is 0 Å². The lowest BCUT2D eigenvalue weighted by Gasteiger charge is -2.12. The highest BCUT2D eigenvalue weighted by molar-refractivity contribution is 9.10. The van der Waals surface area contributed by atoms with Crippen LogP contribution < -0.4 is 20.2 Å². The first kappa shape index (κ1) is 25.8. The Kier molecular flexibility index (Phi) is 8.11. The van der Waals surface area contributed by atoms with Crippen LogP contribution in [0.15, 0.2) is 76.3 Å². The zero-order chi connectivity index (χ0) is 26.4. The number of thiophene rings is 1. The average Bonchev–Trinajstić information content (AvgIpc) is 3.32. The molecule has 0 saturated carbocycles. The predicted molar refractivity (Wildman–Crippen MR) is 145 cm³/mol. The van der Waals surface area contributed by atoms with Gasteiger partial charge in [-0.05, 0) is 52.3 Å². The van der Waals surface area contributed by atoms with E-state index >= 15 is 0 Å². The van der Waals surface area contributed by atoms with E-state index in [1.54, 1.807) is 36.4 Å². The Morgan fingerprint density at radius 2 is 1.89 bits per heavy atom. The van der Waals surface area contributed by atoms with Crippen molar-refractivity contribution in [2.75, 3.05) is 19.0 Å². The molecule has 2 amide bonds. The molecule has 0 aliphatic carbocycles. The molecule has 37 heavy (non-hydrogen) atoms. The molecule has 3 aromatic carbocycles. The molecule has 0 unspecified atom stereocenters. The molecule has 2 N–H and O–H groups in total. The van der Waals surface area contributed by atoms with Gasteiger partial charge in [0.2, 0.25) is 0 Å². The van der Waals surface area contributed by atoms with Crippen LogP contribution in [0.2, 0.25) is 0 Å². The van der Waals surface area contributed by atoms with Gasteiger partial charge in [-0.3, -0.25) is 19.7 Å². The molecule has 0 fully saturated rings. The quantitative estimate of drug-likeness (QED) is 0.155. The van der Waals surface area contributed by atoms with Gasteiger partial charge in [0.25, 0.3) is 17.5 Å². The summed E-state index contributed by atoms with van der Waals surface area (Å²) in [5.74, 6) is -0.0612. The van der Waals surface area contributed by atoms with Crippen molar-refractivity contribution in [2.24, 2.45) is 5.10 Å². The van der Waals surface area contributed by atoms with Crippen LogP contribution in [0, 0.1) is 10.1 Å². The Labute approximate surface area is 223 Å². The molecule has 1 heterocycles. The zero-order valence-corrected chi connectivity index (χ0v) is 21.7. The van der Waals surface area contributed by atoms with Crippen molar-refractivity contribution in [3.05, 3.63) is 91.8 Å². The number of hydrogen-bond donors (Lipinski definition) is 2. The third-order valence-corrected chi connectivity index (χ3v) is 6.81. The van der Waals surface area contributed by atoms with E-state index in [0.717, 1.165) is 4.70 Å². The number of benzene rings is 3. The summed E-state index contributed by atoms with van der Waals surface area (Å²) >= 11 is 4.64. The number of amides is 2. The molecule has 4 aromatic rings. The van der Waals surface area contributed by atoms with Gasteiger partial charge in [0.05, 0.1) is 23.1 Å². The molecular formula is C25H19BrN4O6S. The van der Waals surface area contributed by atoms with Crippen LogP contribution in [-0.4, -0.2) is 36.7 Å². The maximum absolute atomic E-state index is 12.5. The third-order valence-electron chi connectivity index (χ3n) is 5.00. The minimum absolute atomic E-state index is 0.0432. The smallest absolute Gasteiger partial charge is 0.281 e. The minimum atomic E-state index is -0.483. The van der Waals surface area contributed by atoms with Crippen molar-refractivity contribution in [3.63, 3.8) is 0 Å². The highest BCUT2D eigenvalue weighted by Gasteiger charge is 2.14. The number of fused-ring (bicyclic) bond motifs is 1. The lowest BCUT2D eigenvalue weighted by atomic mass is 10.2. The molecule has 1 aromatic heterocycles. The standard InChI is InChI=1S/C25H19BrN4O6S/c1-35-20-10-16(19(26)12-21(20)36-14-24(31)28-17-5-3-2-4-6-17)13-27-29-25(32)23-11-15-9-18(30(33)34)7-8-22(15)37-23/h2-13H,14H2,1H3,(H,28,31)(H,29,32)/b27-13-. The number of nitrogens with one attached hydrogen (secondary N) is 2. The van der Waals surface area contributed by atoms with Crippen molar-refractivity contribution in [2.45, 2.75) is 0 Å². The summed E-state index contributed by atoms with van der Waals surface area (Å²) in [6.45, 7) is -0.223. The first-order chi connectivity index (χ1) is 17.8. The Bertz CT molecular complexity index is 1510. The molecule has 4 rings (SSSR count). The van der Waals surface area contributed by atoms with Crippen LogP contribution in [0.5, 0.6) is 11.5 Å². The van der Waals surface area contributed by atoms with Crippen LogP contribution >= 0.6 is 27.3 Å². The normalized spacial score (nSPS) is 10.9. The van der Waals surface area contributed by atoms with Gasteiger partial charge in [-0.25, -0.2) is 5.43 Å². The van der Waals surface area contributed by atoms with E-state index in [1.807, 2.05) is 18.2 Å². The number of hydrogen-bond acceptors (Lipinski definition) is 8. The number of carbonyl (C=O) groups is 2. The Balaban J connectivity index is 1.40. The number of non-ortho nitro benzene ring substituents is 1. The number of para-hydroxylation sites is 1. The lowest BCUT2D eigenvalue weighted by Crippen LogP contribution is -2.20. The number of ether oxygens (including phenoxy) is 2. The number of halogens is 1. The number of rotatable bonds is 9. The maximum Gasteiger partial charge on any atom is 0.281 e. The van der Waals surface area contributed by atoms with Gasteiger partial charge in [0.15, 0.2) is 18.1 Å². The SMILES string of the molecule is COc1cc(/C=N\NC(=O)c2cc3cc([N+](=O)[O-])ccc3s2)c(Br)cc1OCC(=O)Nc1ccccc1. The van der Waals surface area contributed by atoms with Gasteiger partial charge in [0, 0.05) is 37.9 Å². The predicted octanol–water partition coefficient (Wildman–Crippen LogP) is 5.36. The fraction of sp³-hybridized carbons (Fsp3) is 0.0800. The Morgan fingerprint density at radius 3 is 2.62 bits per heavy atom. The number of nitro groups is 1. The lowest BCUT2D eigenvalue weighted by molar-refractivity contribution is -0.384. The molecule has 12 heteroatoms. The highest BCUT2D eigenvalue weighted by atomic mass is 79.9. The molecular weight excluding hydrogens is 564 g/mol. The summed E-state index contributed by atoms with van der Waals surface area (Å²) in [6, 6.07) is 18.3. The van der Waals surface area contributed by atoms with Crippen LogP contribution in [0.4, 0.5) is 11.4 Å². The van der Waals surface area contributed by atoms with Crippen molar-refractivity contribution in [1.82, 2.24) is 5.43 Å². The topological polar surface area (TPSA) is 132 Å². The van der Waals surface area contributed by atoms with Gasteiger partial charge < -0.3 is 14.8 Å². The molecule has 0 aliphatic heterocycles. The van der Waals surface area contributed by atoms with E-state index in [4.69, 9.17) is 9.47 Å². The van der Waals surface area contributed by atoms with E-state index < -0.39 is 10.8 Å². The molecule has 0 radical (unpaired) electrons. The fourth-order valence-corrected chi connectivity index (χ4v) is 4.61. The molecule has 188 valence electrons. The van der Waals surface area contributed by atoms with Gasteiger partial charge >= 0.3 is 0 Å². The van der Waals surface area contributed by atoms with E-state index in [-0.39, 0.29) is 18.2 Å². The van der Waals surface area contributed by atoms with Gasteiger partial charge in [-0.15, -0.1) is 11.3 Å². The number of anilines is 1. The number of hydrazone groups is 1. The second kappa shape index (κ2) is 11.6. The van der Waals surface area contributed by atoms with E-state index in [2.05, 4.69) is 31.8 Å². The number of nitrogens with zero attached hydrogens (tertiary/aromatic N) is 2. The van der Waals surface area contributed by atoms with E-state index in [1.165, 1.54) is 36.8 Å². The largest absolute Gasteiger partial charge is 0.493 e. The van der Waals surface area contributed by atoms with E-state index in [9.17, 15) is 19.7 Å². The summed E-state index contributed by atoms with van der Waals surface area (Å²) < 4.78 is 12.4. The van der Waals surface area contributed by atoms with Gasteiger partial charge in [0.1, 0.15) is 0 Å². The van der Waals surface area contributed by atoms with Crippen LogP contribution in [0.25, 0.3) is 10.1 Å². The van der Waals surface area contributed by atoms with Gasteiger partial charge in [-0.2, -0.15) is 5.10 Å². The first-order valence-electron chi connectivity index (χ1n) is 10.7. The van der Waals surface area contributed by atoms with Crippen LogP contribution in [0.3, 0.4) is 0 Å². The number of nitro benzene ring substituents is 1. The van der Waals surface area contributed by atoms with Crippen molar-refractivity contribution >= 4 is 66.8 Å². The Morgan fingerprint density at radius 1 is 1.11 bits per heavy atom. The second-order valence-electron chi connectivity index (χ2n) is 7.52. The van der Waals surface area contributed by atoms with Gasteiger partial charge in [-0.1, -0.05) is 18.2 Å². The average molecular weight is 583 g/mol. The summed E-state index contributed by atoms with van der Waals surface area (Å²) in [4.78, 5) is 35.5. The third kappa shape index (κ3) is 6.48. The summed E-state index contributed by atoms with van der Waals surface area (Å²) in [5.41, 5.74) is 3.66. The summed E-state index contributed by atoms with van der Waals surface area (Å²) in [5, 5.41) is 18.3. The molecule has 0 atom stereocenters. The molecule has 0 saturated heterocycles. The summed E-state index contributed by atoms with van der Waals surface area (Å²) in [7, 11) is 1.47. The summed E-state index contributed by atoms with van der Waals surface area (Å²) in [6.07, 6.45) is 1.43. The van der Waals surface area contributed by atoms with Crippen LogP contribution in [-0.2, 0) is 4.79 Å². The van der Waals surface area contributed by atoms with Crippen LogP contribution in [0.1, 0.15) is 15.2 Å². The Hall–Kier alpha value is -4.29. The zero-order valence-electron chi connectivity index (χ0n) is 19.3. The highest BCUT2D eigenvalue weighted by Crippen LogP contribution is 2.33. The van der Waals surface area contributed by atoms with Crippen molar-refractivity contribution < 1.29 is 24.0 Å². The van der Waals surface area contributed by atoms with E-state index in [0.29, 0.717) is 37.5 Å². The van der Waals surface area contributed by atoms with Crippen molar-refractivity contribution in [3.8, 4) is 11.5 Å². The molecule has 0 spiro atoms. The molecule has 0 bridgehead atoms. The fourth-order valence-electron chi connectivity index (χ4n) is 3.26. The number of carbonyl (C=O) groups excluding carboxylic acids is 2. The first-order valence-corrected chi connectivity index (χ1v) is 12.3. The monoisotopic (exact) mass is 582 g/mol. The second-order valence-corrected chi connectivity index (χ2v) is 9.45. The maximum atomic E-state index is 12.5. The number of methoxy groups -OCH3 is 1.